The Morgan fingerprint density at radius 1 is 1.14 bits per heavy atom. The maximum Gasteiger partial charge on any atom is 0.104 e. The van der Waals surface area contributed by atoms with Crippen LogP contribution in [-0.2, 0) is 13.1 Å². The molecule has 1 aromatic carbocycles. The van der Waals surface area contributed by atoms with E-state index in [0.717, 1.165) is 11.0 Å². The summed E-state index contributed by atoms with van der Waals surface area (Å²) < 4.78 is 0.952. The fourth-order valence-electron chi connectivity index (χ4n) is 1.40. The Morgan fingerprint density at radius 2 is 1.71 bits per heavy atom. The number of benzene rings is 1. The number of rotatable bonds is 3. The maximum atomic E-state index is 5.58. The summed E-state index contributed by atoms with van der Waals surface area (Å²) in [5, 5.41) is 0. The topological polar surface area (TPSA) is 26.0 Å². The molecule has 0 saturated carbocycles. The monoisotopic (exact) mass is 214 g/mol. The van der Waals surface area contributed by atoms with Gasteiger partial charge in [-0.3, -0.25) is 0 Å². The molecule has 0 unspecified atom stereocenters. The summed E-state index contributed by atoms with van der Waals surface area (Å²) in [6, 6.07) is 8.48. The van der Waals surface area contributed by atoms with E-state index in [1.165, 1.54) is 11.1 Å². The zero-order chi connectivity index (χ0) is 9.90. The minimum atomic E-state index is 0. The highest BCUT2D eigenvalue weighted by Crippen LogP contribution is 2.09. The SMILES string of the molecule is C[N+](C)(C)Cc1cccc(CN)c1.[Cl-]. The molecule has 0 aliphatic heterocycles. The molecular weight excluding hydrogens is 196 g/mol. The molecule has 0 atom stereocenters. The molecule has 0 aliphatic carbocycles. The highest BCUT2D eigenvalue weighted by atomic mass is 35.5. The van der Waals surface area contributed by atoms with Crippen LogP contribution in [0.2, 0.25) is 0 Å². The van der Waals surface area contributed by atoms with E-state index in [4.69, 9.17) is 5.73 Å². The first-order valence-electron chi connectivity index (χ1n) is 4.59. The van der Waals surface area contributed by atoms with Crippen LogP contribution < -0.4 is 18.1 Å². The zero-order valence-electron chi connectivity index (χ0n) is 9.13. The normalized spacial score (nSPS) is 10.9. The van der Waals surface area contributed by atoms with Crippen LogP contribution >= 0.6 is 0 Å². The second kappa shape index (κ2) is 5.35. The van der Waals surface area contributed by atoms with Crippen LogP contribution in [0.15, 0.2) is 24.3 Å². The first kappa shape index (κ1) is 13.4. The van der Waals surface area contributed by atoms with Crippen LogP contribution in [0.1, 0.15) is 11.1 Å². The van der Waals surface area contributed by atoms with E-state index < -0.39 is 0 Å². The van der Waals surface area contributed by atoms with E-state index in [-0.39, 0.29) is 12.4 Å². The molecular formula is C11H19ClN2. The Morgan fingerprint density at radius 3 is 2.21 bits per heavy atom. The maximum absolute atomic E-state index is 5.58. The van der Waals surface area contributed by atoms with Crippen molar-refractivity contribution < 1.29 is 16.9 Å². The quantitative estimate of drug-likeness (QED) is 0.600. The number of hydrogen-bond acceptors (Lipinski definition) is 1. The van der Waals surface area contributed by atoms with E-state index in [2.05, 4.69) is 45.4 Å². The first-order chi connectivity index (χ1) is 6.01. The lowest BCUT2D eigenvalue weighted by atomic mass is 10.1. The van der Waals surface area contributed by atoms with Crippen molar-refractivity contribution in [3.63, 3.8) is 0 Å². The van der Waals surface area contributed by atoms with Gasteiger partial charge in [0.1, 0.15) is 6.54 Å². The van der Waals surface area contributed by atoms with Gasteiger partial charge in [-0.05, 0) is 11.6 Å². The molecule has 2 nitrogen and oxygen atoms in total. The minimum Gasteiger partial charge on any atom is -1.00 e. The van der Waals surface area contributed by atoms with Crippen LogP contribution in [0.25, 0.3) is 0 Å². The van der Waals surface area contributed by atoms with Gasteiger partial charge in [0.05, 0.1) is 21.1 Å². The lowest BCUT2D eigenvalue weighted by Gasteiger charge is -2.24. The summed E-state index contributed by atoms with van der Waals surface area (Å²) in [5.41, 5.74) is 8.15. The van der Waals surface area contributed by atoms with Gasteiger partial charge in [0.25, 0.3) is 0 Å². The Balaban J connectivity index is 0.00000169. The summed E-state index contributed by atoms with van der Waals surface area (Å²) in [4.78, 5) is 0. The molecule has 0 radical (unpaired) electrons. The van der Waals surface area contributed by atoms with Crippen molar-refractivity contribution in [2.45, 2.75) is 13.1 Å². The third kappa shape index (κ3) is 4.61. The summed E-state index contributed by atoms with van der Waals surface area (Å²) in [6.45, 7) is 1.68. The number of hydrogen-bond donors (Lipinski definition) is 1. The minimum absolute atomic E-state index is 0. The molecule has 2 N–H and O–H groups in total. The smallest absolute Gasteiger partial charge is 0.104 e. The van der Waals surface area contributed by atoms with E-state index >= 15 is 0 Å². The average molecular weight is 215 g/mol. The summed E-state index contributed by atoms with van der Waals surface area (Å²) in [6.07, 6.45) is 0. The largest absolute Gasteiger partial charge is 1.00 e. The summed E-state index contributed by atoms with van der Waals surface area (Å²) >= 11 is 0. The summed E-state index contributed by atoms with van der Waals surface area (Å²) in [5.74, 6) is 0. The Bertz CT molecular complexity index is 279. The highest BCUT2D eigenvalue weighted by Gasteiger charge is 2.07. The van der Waals surface area contributed by atoms with Gasteiger partial charge in [0.2, 0.25) is 0 Å². The van der Waals surface area contributed by atoms with Gasteiger partial charge in [-0.15, -0.1) is 0 Å². The number of quaternary nitrogens is 1. The van der Waals surface area contributed by atoms with Crippen LogP contribution in [0.4, 0.5) is 0 Å². The van der Waals surface area contributed by atoms with Gasteiger partial charge < -0.3 is 22.6 Å². The molecule has 0 heterocycles. The van der Waals surface area contributed by atoms with Crippen LogP contribution in [-0.4, -0.2) is 25.6 Å². The van der Waals surface area contributed by atoms with Gasteiger partial charge in [-0.25, -0.2) is 0 Å². The molecule has 0 amide bonds. The van der Waals surface area contributed by atoms with Crippen molar-refractivity contribution >= 4 is 0 Å². The Labute approximate surface area is 92.7 Å². The fraction of sp³-hybridized carbons (Fsp3) is 0.455. The number of nitrogens with two attached hydrogens (primary N) is 1. The van der Waals surface area contributed by atoms with Crippen molar-refractivity contribution in [2.24, 2.45) is 5.73 Å². The Kier molecular flexibility index (Phi) is 5.13. The lowest BCUT2D eigenvalue weighted by molar-refractivity contribution is -0.884. The number of nitrogens with zero attached hydrogens (tertiary/aromatic N) is 1. The molecule has 1 rings (SSSR count). The van der Waals surface area contributed by atoms with Gasteiger partial charge in [-0.1, -0.05) is 18.2 Å². The molecule has 1 aromatic rings. The standard InChI is InChI=1S/C11H19N2.ClH/c1-13(2,3)9-11-6-4-5-10(7-11)8-12;/h4-7H,8-9,12H2,1-3H3;1H/q+1;/p-1. The average Bonchev–Trinajstić information content (AvgIpc) is 2.01. The predicted octanol–water partition coefficient (Wildman–Crippen LogP) is -1.64. The van der Waals surface area contributed by atoms with Crippen molar-refractivity contribution in [1.82, 2.24) is 0 Å². The van der Waals surface area contributed by atoms with Crippen LogP contribution in [0, 0.1) is 0 Å². The molecule has 0 saturated heterocycles. The van der Waals surface area contributed by atoms with Crippen LogP contribution in [0.5, 0.6) is 0 Å². The van der Waals surface area contributed by atoms with Gasteiger partial charge >= 0.3 is 0 Å². The van der Waals surface area contributed by atoms with Crippen molar-refractivity contribution in [2.75, 3.05) is 21.1 Å². The van der Waals surface area contributed by atoms with Crippen LogP contribution in [0.3, 0.4) is 0 Å². The highest BCUT2D eigenvalue weighted by molar-refractivity contribution is 5.22. The van der Waals surface area contributed by atoms with Crippen molar-refractivity contribution in [3.05, 3.63) is 35.4 Å². The lowest BCUT2D eigenvalue weighted by Crippen LogP contribution is -3.00. The molecule has 0 bridgehead atoms. The third-order valence-electron chi connectivity index (χ3n) is 1.88. The van der Waals surface area contributed by atoms with E-state index in [9.17, 15) is 0 Å². The molecule has 3 heteroatoms. The first-order valence-corrected chi connectivity index (χ1v) is 4.59. The molecule has 14 heavy (non-hydrogen) atoms. The molecule has 0 fully saturated rings. The zero-order valence-corrected chi connectivity index (χ0v) is 9.88. The van der Waals surface area contributed by atoms with E-state index in [1.54, 1.807) is 0 Å². The second-order valence-corrected chi connectivity index (χ2v) is 4.47. The van der Waals surface area contributed by atoms with E-state index in [1.807, 2.05) is 0 Å². The van der Waals surface area contributed by atoms with Gasteiger partial charge in [-0.2, -0.15) is 0 Å². The van der Waals surface area contributed by atoms with Gasteiger partial charge in [0.15, 0.2) is 0 Å². The molecule has 0 aromatic heterocycles. The molecule has 80 valence electrons. The second-order valence-electron chi connectivity index (χ2n) is 4.47. The molecule has 0 aliphatic rings. The number of halogens is 1. The van der Waals surface area contributed by atoms with Crippen molar-refractivity contribution in [1.29, 1.82) is 0 Å². The fourth-order valence-corrected chi connectivity index (χ4v) is 1.40. The third-order valence-corrected chi connectivity index (χ3v) is 1.88. The van der Waals surface area contributed by atoms with Gasteiger partial charge in [0, 0.05) is 12.1 Å². The van der Waals surface area contributed by atoms with Crippen molar-refractivity contribution in [3.8, 4) is 0 Å². The Hall–Kier alpha value is -0.570. The molecule has 0 spiro atoms. The predicted molar refractivity (Wildman–Crippen MR) is 56.1 cm³/mol. The van der Waals surface area contributed by atoms with E-state index in [0.29, 0.717) is 6.54 Å². The summed E-state index contributed by atoms with van der Waals surface area (Å²) in [7, 11) is 6.57.